The zero-order valence-corrected chi connectivity index (χ0v) is 8.76. The molecule has 4 nitrogen and oxygen atoms in total. The molecule has 1 aromatic heterocycles. The largest absolute Gasteiger partial charge is 0.413 e. The van der Waals surface area contributed by atoms with Crippen LogP contribution in [-0.2, 0) is 19.0 Å². The van der Waals surface area contributed by atoms with Gasteiger partial charge in [0.25, 0.3) is 0 Å². The molecular formula is C8H13F3N4. The van der Waals surface area contributed by atoms with Gasteiger partial charge in [-0.05, 0) is 6.92 Å². The number of alkyl halides is 3. The minimum atomic E-state index is -4.54. The lowest BCUT2D eigenvalue weighted by molar-refractivity contribution is -0.187. The van der Waals surface area contributed by atoms with Crippen LogP contribution >= 0.6 is 0 Å². The first-order valence-corrected chi connectivity index (χ1v) is 4.46. The van der Waals surface area contributed by atoms with E-state index >= 15 is 0 Å². The van der Waals surface area contributed by atoms with Crippen molar-refractivity contribution in [1.82, 2.24) is 14.8 Å². The fourth-order valence-electron chi connectivity index (χ4n) is 1.17. The molecule has 0 saturated heterocycles. The first-order valence-electron chi connectivity index (χ1n) is 4.46. The van der Waals surface area contributed by atoms with Crippen molar-refractivity contribution in [2.45, 2.75) is 32.0 Å². The van der Waals surface area contributed by atoms with Crippen LogP contribution in [0.25, 0.3) is 0 Å². The van der Waals surface area contributed by atoms with Gasteiger partial charge in [0, 0.05) is 13.5 Å². The highest BCUT2D eigenvalue weighted by atomic mass is 19.4. The molecule has 2 N–H and O–H groups in total. The van der Waals surface area contributed by atoms with Crippen molar-refractivity contribution in [1.29, 1.82) is 0 Å². The van der Waals surface area contributed by atoms with E-state index in [1.54, 1.807) is 6.92 Å². The summed E-state index contributed by atoms with van der Waals surface area (Å²) in [6.45, 7) is 2.65. The highest BCUT2D eigenvalue weighted by molar-refractivity contribution is 5.08. The second-order valence-electron chi connectivity index (χ2n) is 3.53. The van der Waals surface area contributed by atoms with Gasteiger partial charge in [-0.3, -0.25) is 4.68 Å². The Labute approximate surface area is 85.3 Å². The molecule has 0 saturated carbocycles. The van der Waals surface area contributed by atoms with Crippen molar-refractivity contribution in [3.05, 3.63) is 11.6 Å². The van der Waals surface area contributed by atoms with Crippen LogP contribution in [0.3, 0.4) is 0 Å². The fourth-order valence-corrected chi connectivity index (χ4v) is 1.17. The summed E-state index contributed by atoms with van der Waals surface area (Å²) in [5.41, 5.74) is 2.77. The lowest BCUT2D eigenvalue weighted by atomic mass is 10.0. The number of rotatable bonds is 2. The Morgan fingerprint density at radius 3 is 2.27 bits per heavy atom. The van der Waals surface area contributed by atoms with Crippen LogP contribution in [-0.4, -0.2) is 20.9 Å². The van der Waals surface area contributed by atoms with Gasteiger partial charge in [0.15, 0.2) is 17.2 Å². The maximum Gasteiger partial charge on any atom is 0.413 e. The van der Waals surface area contributed by atoms with E-state index in [9.17, 15) is 13.2 Å². The van der Waals surface area contributed by atoms with E-state index in [2.05, 4.69) is 10.1 Å². The van der Waals surface area contributed by atoms with E-state index in [0.29, 0.717) is 12.2 Å². The predicted octanol–water partition coefficient (Wildman–Crippen LogP) is 1.11. The van der Waals surface area contributed by atoms with Gasteiger partial charge in [-0.2, -0.15) is 18.3 Å². The van der Waals surface area contributed by atoms with Crippen molar-refractivity contribution >= 4 is 0 Å². The summed E-state index contributed by atoms with van der Waals surface area (Å²) in [7, 11) is 1.40. The molecule has 1 rings (SSSR count). The molecule has 0 radical (unpaired) electrons. The molecule has 7 heteroatoms. The lowest BCUT2D eigenvalue weighted by Gasteiger charge is -2.25. The normalized spacial score (nSPS) is 16.5. The van der Waals surface area contributed by atoms with Gasteiger partial charge in [0.1, 0.15) is 0 Å². The smallest absolute Gasteiger partial charge is 0.311 e. The molecule has 1 aromatic rings. The number of nitrogens with zero attached hydrogens (tertiary/aromatic N) is 3. The van der Waals surface area contributed by atoms with Crippen molar-refractivity contribution < 1.29 is 13.2 Å². The molecule has 0 bridgehead atoms. The van der Waals surface area contributed by atoms with Crippen LogP contribution in [0.15, 0.2) is 0 Å². The molecule has 0 aromatic carbocycles. The Kier molecular flexibility index (Phi) is 2.77. The van der Waals surface area contributed by atoms with Crippen molar-refractivity contribution in [3.8, 4) is 0 Å². The van der Waals surface area contributed by atoms with Gasteiger partial charge in [-0.15, -0.1) is 0 Å². The second kappa shape index (κ2) is 3.48. The zero-order valence-electron chi connectivity index (χ0n) is 8.76. The summed E-state index contributed by atoms with van der Waals surface area (Å²) in [6, 6.07) is 0. The van der Waals surface area contributed by atoms with E-state index in [-0.39, 0.29) is 5.82 Å². The highest BCUT2D eigenvalue weighted by Crippen LogP contribution is 2.35. The summed E-state index contributed by atoms with van der Waals surface area (Å²) in [4.78, 5) is 3.77. The number of hydrogen-bond acceptors (Lipinski definition) is 3. The van der Waals surface area contributed by atoms with E-state index in [0.717, 1.165) is 11.6 Å². The summed E-state index contributed by atoms with van der Waals surface area (Å²) in [6.07, 6.45) is -4.07. The second-order valence-corrected chi connectivity index (χ2v) is 3.53. The summed E-state index contributed by atoms with van der Waals surface area (Å²) in [5, 5.41) is 3.83. The predicted molar refractivity (Wildman–Crippen MR) is 48.0 cm³/mol. The van der Waals surface area contributed by atoms with E-state index < -0.39 is 11.7 Å². The fraction of sp³-hybridized carbons (Fsp3) is 0.750. The van der Waals surface area contributed by atoms with Crippen LogP contribution in [0.1, 0.15) is 25.5 Å². The Hall–Kier alpha value is -1.11. The van der Waals surface area contributed by atoms with Crippen LogP contribution in [0.2, 0.25) is 0 Å². The number of hydrogen-bond donors (Lipinski definition) is 1. The molecule has 0 aliphatic carbocycles. The van der Waals surface area contributed by atoms with Gasteiger partial charge in [0.2, 0.25) is 0 Å². The summed E-state index contributed by atoms with van der Waals surface area (Å²) < 4.78 is 38.9. The Bertz CT molecular complexity index is 353. The van der Waals surface area contributed by atoms with E-state index in [1.165, 1.54) is 7.05 Å². The van der Waals surface area contributed by atoms with Crippen molar-refractivity contribution in [2.75, 3.05) is 0 Å². The third kappa shape index (κ3) is 1.97. The quantitative estimate of drug-likeness (QED) is 0.815. The van der Waals surface area contributed by atoms with Gasteiger partial charge in [-0.1, -0.05) is 6.92 Å². The van der Waals surface area contributed by atoms with Crippen molar-refractivity contribution in [3.63, 3.8) is 0 Å². The highest BCUT2D eigenvalue weighted by Gasteiger charge is 2.52. The van der Waals surface area contributed by atoms with E-state index in [4.69, 9.17) is 5.73 Å². The molecule has 1 atom stereocenters. The van der Waals surface area contributed by atoms with E-state index in [1.807, 2.05) is 0 Å². The average molecular weight is 222 g/mol. The van der Waals surface area contributed by atoms with Crippen molar-refractivity contribution in [2.24, 2.45) is 12.8 Å². The first-order chi connectivity index (χ1) is 6.70. The van der Waals surface area contributed by atoms with Crippen LogP contribution in [0.5, 0.6) is 0 Å². The number of aryl methyl sites for hydroxylation is 2. The summed E-state index contributed by atoms with van der Waals surface area (Å²) >= 11 is 0. The maximum absolute atomic E-state index is 12.6. The maximum atomic E-state index is 12.6. The number of nitrogens with two attached hydrogens (primary N) is 1. The lowest BCUT2D eigenvalue weighted by Crippen LogP contribution is -2.49. The molecule has 0 aliphatic rings. The molecule has 15 heavy (non-hydrogen) atoms. The molecule has 1 unspecified atom stereocenters. The summed E-state index contributed by atoms with van der Waals surface area (Å²) in [5.74, 6) is 0.0836. The Morgan fingerprint density at radius 2 is 1.93 bits per heavy atom. The SMILES string of the molecule is CCc1nc(C(C)(N)C(F)(F)F)n(C)n1. The third-order valence-electron chi connectivity index (χ3n) is 2.18. The average Bonchev–Trinajstić information content (AvgIpc) is 2.45. The van der Waals surface area contributed by atoms with Gasteiger partial charge < -0.3 is 5.73 Å². The van der Waals surface area contributed by atoms with Crippen LogP contribution in [0, 0.1) is 0 Å². The topological polar surface area (TPSA) is 56.7 Å². The van der Waals surface area contributed by atoms with Gasteiger partial charge >= 0.3 is 6.18 Å². The molecule has 0 amide bonds. The monoisotopic (exact) mass is 222 g/mol. The standard InChI is InChI=1S/C8H13F3N4/c1-4-5-13-6(15(3)14-5)7(2,12)8(9,10)11/h4,12H2,1-3H3. The third-order valence-corrected chi connectivity index (χ3v) is 2.18. The Balaban J connectivity index is 3.20. The molecule has 0 fully saturated rings. The first kappa shape index (κ1) is 12.0. The zero-order chi connectivity index (χ0) is 11.9. The number of aromatic nitrogens is 3. The molecule has 0 spiro atoms. The molecule has 1 heterocycles. The minimum absolute atomic E-state index is 0.271. The molecular weight excluding hydrogens is 209 g/mol. The minimum Gasteiger partial charge on any atom is -0.311 e. The van der Waals surface area contributed by atoms with Gasteiger partial charge in [0.05, 0.1) is 0 Å². The van der Waals surface area contributed by atoms with Crippen LogP contribution in [0.4, 0.5) is 13.2 Å². The molecule has 86 valence electrons. The van der Waals surface area contributed by atoms with Crippen LogP contribution < -0.4 is 5.73 Å². The Morgan fingerprint density at radius 1 is 1.40 bits per heavy atom. The number of halogens is 3. The molecule has 0 aliphatic heterocycles. The van der Waals surface area contributed by atoms with Gasteiger partial charge in [-0.25, -0.2) is 4.98 Å².